The average Bonchev–Trinajstić information content (AvgIpc) is 2.58. The van der Waals surface area contributed by atoms with E-state index in [4.69, 9.17) is 0 Å². The Morgan fingerprint density at radius 1 is 1.56 bits per heavy atom. The second-order valence-corrected chi connectivity index (χ2v) is 7.43. The Hall–Kier alpha value is -0.100. The molecule has 1 aliphatic rings. The molecule has 0 aromatic heterocycles. The summed E-state index contributed by atoms with van der Waals surface area (Å²) in [5.41, 5.74) is -0.288. The maximum Gasteiger partial charge on any atom is 0.224 e. The molecule has 0 spiro atoms. The van der Waals surface area contributed by atoms with Crippen molar-refractivity contribution in [2.75, 3.05) is 16.8 Å². The Balaban J connectivity index is 2.60. The van der Waals surface area contributed by atoms with Gasteiger partial charge in [0.2, 0.25) is 5.91 Å². The van der Waals surface area contributed by atoms with Gasteiger partial charge in [0.25, 0.3) is 0 Å². The van der Waals surface area contributed by atoms with Gasteiger partial charge in [0.1, 0.15) is 0 Å². The zero-order valence-corrected chi connectivity index (χ0v) is 12.0. The maximum atomic E-state index is 11.9. The van der Waals surface area contributed by atoms with E-state index in [-0.39, 0.29) is 28.9 Å². The summed E-state index contributed by atoms with van der Waals surface area (Å²) in [6, 6.07) is 0. The Bertz CT molecular complexity index is 362. The van der Waals surface area contributed by atoms with Gasteiger partial charge in [0.15, 0.2) is 9.84 Å². The Morgan fingerprint density at radius 2 is 2.19 bits per heavy atom. The van der Waals surface area contributed by atoms with Gasteiger partial charge in [-0.05, 0) is 19.8 Å². The summed E-state index contributed by atoms with van der Waals surface area (Å²) < 4.78 is 22.5. The van der Waals surface area contributed by atoms with Crippen LogP contribution < -0.4 is 5.32 Å². The van der Waals surface area contributed by atoms with Crippen LogP contribution in [0.5, 0.6) is 0 Å². The molecule has 0 radical (unpaired) electrons. The molecule has 2 atom stereocenters. The van der Waals surface area contributed by atoms with Crippen LogP contribution in [0.2, 0.25) is 0 Å². The van der Waals surface area contributed by atoms with E-state index < -0.39 is 9.84 Å². The van der Waals surface area contributed by atoms with Crippen molar-refractivity contribution in [2.45, 2.75) is 32.2 Å². The third kappa shape index (κ3) is 3.45. The van der Waals surface area contributed by atoms with Crippen LogP contribution >= 0.6 is 15.9 Å². The summed E-state index contributed by atoms with van der Waals surface area (Å²) in [6.07, 6.45) is 1.26. The first kappa shape index (κ1) is 14.0. The quantitative estimate of drug-likeness (QED) is 0.791. The summed E-state index contributed by atoms with van der Waals surface area (Å²) in [5.74, 6) is -0.358. The minimum absolute atomic E-state index is 0.000906. The van der Waals surface area contributed by atoms with E-state index in [9.17, 15) is 13.2 Å². The zero-order valence-electron chi connectivity index (χ0n) is 9.62. The fourth-order valence-electron chi connectivity index (χ4n) is 1.62. The fourth-order valence-corrected chi connectivity index (χ4v) is 3.90. The van der Waals surface area contributed by atoms with Crippen molar-refractivity contribution in [3.05, 3.63) is 0 Å². The number of nitrogens with one attached hydrogen (secondary N) is 1. The predicted molar refractivity (Wildman–Crippen MR) is 67.4 cm³/mol. The van der Waals surface area contributed by atoms with Gasteiger partial charge in [0, 0.05) is 10.9 Å². The molecule has 2 unspecified atom stereocenters. The topological polar surface area (TPSA) is 63.2 Å². The van der Waals surface area contributed by atoms with Gasteiger partial charge in [0.05, 0.1) is 17.4 Å². The molecule has 0 aromatic rings. The molecule has 0 aliphatic carbocycles. The van der Waals surface area contributed by atoms with Crippen LogP contribution in [0.3, 0.4) is 0 Å². The number of hydrogen-bond acceptors (Lipinski definition) is 3. The molecule has 1 rings (SSSR count). The van der Waals surface area contributed by atoms with E-state index in [1.54, 1.807) is 0 Å². The molecule has 1 saturated heterocycles. The molecular formula is C10H18BrNO3S. The first-order valence-corrected chi connectivity index (χ1v) is 8.34. The van der Waals surface area contributed by atoms with Crippen molar-refractivity contribution in [3.63, 3.8) is 0 Å². The number of alkyl halides is 1. The lowest BCUT2D eigenvalue weighted by atomic mass is 9.99. The van der Waals surface area contributed by atoms with Crippen LogP contribution in [0.4, 0.5) is 0 Å². The number of carbonyl (C=O) groups excluding carboxylic acids is 1. The molecule has 0 saturated carbocycles. The third-order valence-electron chi connectivity index (χ3n) is 3.10. The van der Waals surface area contributed by atoms with Gasteiger partial charge in [-0.15, -0.1) is 0 Å². The summed E-state index contributed by atoms with van der Waals surface area (Å²) >= 11 is 3.36. The van der Waals surface area contributed by atoms with Crippen molar-refractivity contribution >= 4 is 31.7 Å². The Kier molecular flexibility index (Phi) is 4.40. The average molecular weight is 312 g/mol. The molecule has 1 aliphatic heterocycles. The molecule has 1 fully saturated rings. The first-order chi connectivity index (χ1) is 7.32. The molecule has 1 amide bonds. The Morgan fingerprint density at radius 3 is 2.56 bits per heavy atom. The minimum atomic E-state index is -2.98. The lowest BCUT2D eigenvalue weighted by molar-refractivity contribution is -0.125. The largest absolute Gasteiger partial charge is 0.350 e. The molecule has 6 heteroatoms. The number of hydrogen-bond donors (Lipinski definition) is 1. The highest BCUT2D eigenvalue weighted by Gasteiger charge is 2.35. The lowest BCUT2D eigenvalue weighted by Gasteiger charge is -2.28. The smallest absolute Gasteiger partial charge is 0.224 e. The third-order valence-corrected chi connectivity index (χ3v) is 6.11. The maximum absolute atomic E-state index is 11.9. The van der Waals surface area contributed by atoms with Crippen molar-refractivity contribution in [1.82, 2.24) is 5.32 Å². The van der Waals surface area contributed by atoms with Crippen molar-refractivity contribution < 1.29 is 13.2 Å². The molecule has 4 nitrogen and oxygen atoms in total. The molecule has 0 bridgehead atoms. The zero-order chi connectivity index (χ0) is 12.4. The van der Waals surface area contributed by atoms with Gasteiger partial charge in [-0.25, -0.2) is 8.42 Å². The summed E-state index contributed by atoms with van der Waals surface area (Å²) in [6.45, 7) is 3.94. The lowest BCUT2D eigenvalue weighted by Crippen LogP contribution is -2.49. The normalized spacial score (nSPS) is 27.3. The second kappa shape index (κ2) is 5.04. The van der Waals surface area contributed by atoms with E-state index in [1.807, 2.05) is 13.8 Å². The Labute approximate surface area is 105 Å². The van der Waals surface area contributed by atoms with Crippen LogP contribution in [-0.4, -0.2) is 36.7 Å². The van der Waals surface area contributed by atoms with E-state index in [0.29, 0.717) is 11.8 Å². The standard InChI is InChI=1S/C10H18BrNO3S/c1-3-10(2,7-11)12-9(13)8-4-5-16(14,15)6-8/h8H,3-7H2,1-2H3,(H,12,13). The van der Waals surface area contributed by atoms with Gasteiger partial charge in [-0.2, -0.15) is 0 Å². The SMILES string of the molecule is CCC(C)(CBr)NC(=O)C1CCS(=O)(=O)C1. The monoisotopic (exact) mass is 311 g/mol. The van der Waals surface area contributed by atoms with E-state index in [1.165, 1.54) is 0 Å². The highest BCUT2D eigenvalue weighted by Crippen LogP contribution is 2.21. The van der Waals surface area contributed by atoms with Gasteiger partial charge in [-0.1, -0.05) is 22.9 Å². The van der Waals surface area contributed by atoms with Crippen molar-refractivity contribution in [2.24, 2.45) is 5.92 Å². The van der Waals surface area contributed by atoms with Crippen LogP contribution in [0.15, 0.2) is 0 Å². The molecule has 16 heavy (non-hydrogen) atoms. The fraction of sp³-hybridized carbons (Fsp3) is 0.900. The molecule has 1 N–H and O–H groups in total. The van der Waals surface area contributed by atoms with E-state index in [0.717, 1.165) is 6.42 Å². The molecular weight excluding hydrogens is 294 g/mol. The second-order valence-electron chi connectivity index (χ2n) is 4.64. The minimum Gasteiger partial charge on any atom is -0.350 e. The molecule has 94 valence electrons. The van der Waals surface area contributed by atoms with Crippen molar-refractivity contribution in [1.29, 1.82) is 0 Å². The van der Waals surface area contributed by atoms with Crippen LogP contribution in [0.25, 0.3) is 0 Å². The van der Waals surface area contributed by atoms with Gasteiger partial charge >= 0.3 is 0 Å². The van der Waals surface area contributed by atoms with Gasteiger partial charge < -0.3 is 5.32 Å². The first-order valence-electron chi connectivity index (χ1n) is 5.40. The van der Waals surface area contributed by atoms with E-state index in [2.05, 4.69) is 21.2 Å². The number of amides is 1. The van der Waals surface area contributed by atoms with E-state index >= 15 is 0 Å². The van der Waals surface area contributed by atoms with Crippen LogP contribution in [0.1, 0.15) is 26.7 Å². The highest BCUT2D eigenvalue weighted by molar-refractivity contribution is 9.09. The molecule has 1 heterocycles. The summed E-state index contributed by atoms with van der Waals surface area (Å²) in [5, 5.41) is 3.59. The summed E-state index contributed by atoms with van der Waals surface area (Å²) in [7, 11) is -2.98. The van der Waals surface area contributed by atoms with Gasteiger partial charge in [-0.3, -0.25) is 4.79 Å². The predicted octanol–water partition coefficient (Wildman–Crippen LogP) is 1.10. The number of carbonyl (C=O) groups is 1. The molecule has 0 aromatic carbocycles. The number of halogens is 1. The number of rotatable bonds is 4. The van der Waals surface area contributed by atoms with Crippen LogP contribution in [0, 0.1) is 5.92 Å². The van der Waals surface area contributed by atoms with Crippen molar-refractivity contribution in [3.8, 4) is 0 Å². The van der Waals surface area contributed by atoms with Crippen LogP contribution in [-0.2, 0) is 14.6 Å². The number of sulfone groups is 1. The highest BCUT2D eigenvalue weighted by atomic mass is 79.9. The summed E-state index contributed by atoms with van der Waals surface area (Å²) in [4.78, 5) is 11.9.